The quantitative estimate of drug-likeness (QED) is 0.696. The van der Waals surface area contributed by atoms with Crippen molar-refractivity contribution in [3.63, 3.8) is 0 Å². The molecule has 2 heterocycles. The molecule has 0 saturated heterocycles. The molecular formula is C16H17N3OS. The zero-order valence-electron chi connectivity index (χ0n) is 11.9. The minimum absolute atomic E-state index is 0.843. The van der Waals surface area contributed by atoms with E-state index in [1.807, 2.05) is 31.5 Å². The highest BCUT2D eigenvalue weighted by atomic mass is 32.2. The Morgan fingerprint density at radius 2 is 2.05 bits per heavy atom. The smallest absolute Gasteiger partial charge is 0.133 e. The number of aromatic nitrogens is 3. The third-order valence-electron chi connectivity index (χ3n) is 3.16. The molecule has 0 N–H and O–H groups in total. The molecule has 3 rings (SSSR count). The Hall–Kier alpha value is -2.01. The van der Waals surface area contributed by atoms with Crippen LogP contribution in [-0.4, -0.2) is 14.7 Å². The second-order valence-electron chi connectivity index (χ2n) is 4.88. The van der Waals surface area contributed by atoms with Gasteiger partial charge in [0, 0.05) is 30.8 Å². The summed E-state index contributed by atoms with van der Waals surface area (Å²) >= 11 is 1.80. The van der Waals surface area contributed by atoms with Crippen molar-refractivity contribution in [1.82, 2.24) is 14.7 Å². The van der Waals surface area contributed by atoms with E-state index >= 15 is 0 Å². The van der Waals surface area contributed by atoms with E-state index in [4.69, 9.17) is 4.52 Å². The van der Waals surface area contributed by atoms with Crippen LogP contribution in [0.25, 0.3) is 0 Å². The van der Waals surface area contributed by atoms with E-state index in [9.17, 15) is 0 Å². The van der Waals surface area contributed by atoms with E-state index in [0.717, 1.165) is 35.3 Å². The van der Waals surface area contributed by atoms with Crippen LogP contribution in [-0.2, 0) is 18.1 Å². The zero-order chi connectivity index (χ0) is 14.5. The number of hydrogen-bond acceptors (Lipinski definition) is 4. The monoisotopic (exact) mass is 299 g/mol. The molecule has 0 aliphatic carbocycles. The molecule has 4 nitrogen and oxygen atoms in total. The van der Waals surface area contributed by atoms with Crippen molar-refractivity contribution in [2.45, 2.75) is 25.0 Å². The van der Waals surface area contributed by atoms with Gasteiger partial charge in [-0.25, -0.2) is 4.98 Å². The van der Waals surface area contributed by atoms with Gasteiger partial charge in [-0.2, -0.15) is 0 Å². The van der Waals surface area contributed by atoms with Gasteiger partial charge in [0.15, 0.2) is 0 Å². The van der Waals surface area contributed by atoms with E-state index in [1.165, 1.54) is 5.56 Å². The van der Waals surface area contributed by atoms with Crippen LogP contribution >= 0.6 is 11.8 Å². The summed E-state index contributed by atoms with van der Waals surface area (Å²) < 4.78 is 7.26. The Bertz CT molecular complexity index is 690. The van der Waals surface area contributed by atoms with Gasteiger partial charge in [-0.05, 0) is 12.5 Å². The van der Waals surface area contributed by atoms with Gasteiger partial charge in [-0.1, -0.05) is 35.5 Å². The van der Waals surface area contributed by atoms with E-state index in [-0.39, 0.29) is 0 Å². The largest absolute Gasteiger partial charge is 0.361 e. The number of hydrogen-bond donors (Lipinski definition) is 0. The van der Waals surface area contributed by atoms with Crippen molar-refractivity contribution >= 4 is 11.8 Å². The van der Waals surface area contributed by atoms with Crippen molar-refractivity contribution in [2.75, 3.05) is 0 Å². The first-order chi connectivity index (χ1) is 10.3. The summed E-state index contributed by atoms with van der Waals surface area (Å²) in [5.74, 6) is 3.65. The van der Waals surface area contributed by atoms with Crippen molar-refractivity contribution < 1.29 is 4.52 Å². The lowest BCUT2D eigenvalue weighted by Gasteiger charge is -2.07. The fourth-order valence-electron chi connectivity index (χ4n) is 2.14. The lowest BCUT2D eigenvalue weighted by molar-refractivity contribution is 0.393. The van der Waals surface area contributed by atoms with Crippen LogP contribution in [0, 0.1) is 6.92 Å². The summed E-state index contributed by atoms with van der Waals surface area (Å²) in [5.41, 5.74) is 2.27. The van der Waals surface area contributed by atoms with Crippen LogP contribution in [0.2, 0.25) is 0 Å². The molecule has 0 bridgehead atoms. The molecule has 0 saturated carbocycles. The van der Waals surface area contributed by atoms with Crippen LogP contribution in [0.5, 0.6) is 0 Å². The Balaban J connectivity index is 1.58. The highest BCUT2D eigenvalue weighted by Gasteiger charge is 2.05. The maximum atomic E-state index is 5.07. The summed E-state index contributed by atoms with van der Waals surface area (Å²) in [5, 5.41) is 4.00. The maximum absolute atomic E-state index is 5.07. The van der Waals surface area contributed by atoms with Gasteiger partial charge in [0.25, 0.3) is 0 Å². The molecule has 108 valence electrons. The summed E-state index contributed by atoms with van der Waals surface area (Å²) in [6, 6.07) is 12.4. The van der Waals surface area contributed by atoms with Gasteiger partial charge in [-0.3, -0.25) is 0 Å². The molecule has 0 spiro atoms. The lowest BCUT2D eigenvalue weighted by Crippen LogP contribution is -2.03. The Morgan fingerprint density at radius 3 is 2.81 bits per heavy atom. The summed E-state index contributed by atoms with van der Waals surface area (Å²) in [6.45, 7) is 2.77. The highest BCUT2D eigenvalue weighted by molar-refractivity contribution is 7.97. The number of benzene rings is 1. The molecule has 0 aliphatic heterocycles. The first kappa shape index (κ1) is 13.9. The Labute approximate surface area is 128 Å². The van der Waals surface area contributed by atoms with E-state index < -0.39 is 0 Å². The molecule has 0 atom stereocenters. The van der Waals surface area contributed by atoms with Crippen LogP contribution in [0.1, 0.15) is 22.8 Å². The molecule has 1 aromatic carbocycles. The van der Waals surface area contributed by atoms with E-state index in [0.29, 0.717) is 0 Å². The predicted molar refractivity (Wildman–Crippen MR) is 84.0 cm³/mol. The van der Waals surface area contributed by atoms with Crippen molar-refractivity contribution in [1.29, 1.82) is 0 Å². The molecule has 0 fully saturated rings. The summed E-state index contributed by atoms with van der Waals surface area (Å²) in [7, 11) is 0. The van der Waals surface area contributed by atoms with Gasteiger partial charge in [0.2, 0.25) is 0 Å². The standard InChI is InChI=1S/C16H17N3OS/c1-13-9-15(18-20-13)11-21-12-16-17-7-8-19(16)10-14-5-3-2-4-6-14/h2-9H,10-12H2,1H3. The minimum atomic E-state index is 0.843. The third kappa shape index (κ3) is 3.76. The average molecular weight is 299 g/mol. The van der Waals surface area contributed by atoms with Crippen LogP contribution in [0.15, 0.2) is 53.3 Å². The predicted octanol–water partition coefficient (Wildman–Crippen LogP) is 3.66. The zero-order valence-corrected chi connectivity index (χ0v) is 12.7. The van der Waals surface area contributed by atoms with Crippen LogP contribution in [0.3, 0.4) is 0 Å². The Morgan fingerprint density at radius 1 is 1.19 bits per heavy atom. The van der Waals surface area contributed by atoms with Crippen molar-refractivity contribution in [3.8, 4) is 0 Å². The molecule has 0 amide bonds. The normalized spacial score (nSPS) is 10.9. The fraction of sp³-hybridized carbons (Fsp3) is 0.250. The van der Waals surface area contributed by atoms with Crippen molar-refractivity contribution in [2.24, 2.45) is 0 Å². The molecule has 0 radical (unpaired) electrons. The number of aryl methyl sites for hydroxylation is 1. The second kappa shape index (κ2) is 6.63. The van der Waals surface area contributed by atoms with Crippen LogP contribution < -0.4 is 0 Å². The maximum Gasteiger partial charge on any atom is 0.133 e. The topological polar surface area (TPSA) is 43.9 Å². The first-order valence-electron chi connectivity index (χ1n) is 6.85. The molecule has 2 aromatic heterocycles. The van der Waals surface area contributed by atoms with E-state index in [2.05, 4.69) is 39.0 Å². The lowest BCUT2D eigenvalue weighted by atomic mass is 10.2. The average Bonchev–Trinajstić information content (AvgIpc) is 3.10. The minimum Gasteiger partial charge on any atom is -0.361 e. The number of imidazole rings is 1. The molecular weight excluding hydrogens is 282 g/mol. The summed E-state index contributed by atoms with van der Waals surface area (Å²) in [4.78, 5) is 4.45. The van der Waals surface area contributed by atoms with Gasteiger partial charge in [0.1, 0.15) is 11.6 Å². The highest BCUT2D eigenvalue weighted by Crippen LogP contribution is 2.17. The fourth-order valence-corrected chi connectivity index (χ4v) is 3.01. The molecule has 3 aromatic rings. The van der Waals surface area contributed by atoms with Gasteiger partial charge < -0.3 is 9.09 Å². The number of thioether (sulfide) groups is 1. The van der Waals surface area contributed by atoms with Crippen LogP contribution in [0.4, 0.5) is 0 Å². The SMILES string of the molecule is Cc1cc(CSCc2nccn2Cc2ccccc2)no1. The molecule has 21 heavy (non-hydrogen) atoms. The van der Waals surface area contributed by atoms with E-state index in [1.54, 1.807) is 11.8 Å². The van der Waals surface area contributed by atoms with Gasteiger partial charge in [-0.15, -0.1) is 11.8 Å². The first-order valence-corrected chi connectivity index (χ1v) is 8.00. The third-order valence-corrected chi connectivity index (χ3v) is 4.12. The molecule has 5 heteroatoms. The second-order valence-corrected chi connectivity index (χ2v) is 5.86. The number of rotatable bonds is 6. The molecule has 0 aliphatic rings. The molecule has 0 unspecified atom stereocenters. The van der Waals surface area contributed by atoms with Gasteiger partial charge in [0.05, 0.1) is 11.4 Å². The number of nitrogens with zero attached hydrogens (tertiary/aromatic N) is 3. The van der Waals surface area contributed by atoms with Gasteiger partial charge >= 0.3 is 0 Å². The summed E-state index contributed by atoms with van der Waals surface area (Å²) in [6.07, 6.45) is 3.89. The Kier molecular flexibility index (Phi) is 4.40. The van der Waals surface area contributed by atoms with Crippen molar-refractivity contribution in [3.05, 3.63) is 71.6 Å².